The van der Waals surface area contributed by atoms with E-state index in [0.29, 0.717) is 33.6 Å². The summed E-state index contributed by atoms with van der Waals surface area (Å²) in [6, 6.07) is 15.0. The third-order valence-corrected chi connectivity index (χ3v) is 6.77. The lowest BCUT2D eigenvalue weighted by molar-refractivity contribution is -0.127. The molecule has 0 unspecified atom stereocenters. The van der Waals surface area contributed by atoms with E-state index in [1.54, 1.807) is 31.2 Å². The summed E-state index contributed by atoms with van der Waals surface area (Å²) in [5.74, 6) is -1.51. The molecule has 1 aliphatic heterocycles. The van der Waals surface area contributed by atoms with Gasteiger partial charge in [0.05, 0.1) is 6.61 Å². The molecule has 1 aliphatic rings. The number of anilines is 2. The predicted molar refractivity (Wildman–Crippen MR) is 159 cm³/mol. The third kappa shape index (κ3) is 7.52. The van der Waals surface area contributed by atoms with E-state index >= 15 is 0 Å². The van der Waals surface area contributed by atoms with Crippen molar-refractivity contribution in [3.05, 3.63) is 87.8 Å². The molecule has 3 aromatic carbocycles. The molecule has 1 fully saturated rings. The second-order valence-corrected chi connectivity index (χ2v) is 9.89. The van der Waals surface area contributed by atoms with E-state index in [0.717, 1.165) is 10.5 Å². The van der Waals surface area contributed by atoms with Crippen molar-refractivity contribution in [1.29, 1.82) is 0 Å². The van der Waals surface area contributed by atoms with Crippen molar-refractivity contribution in [3.63, 3.8) is 0 Å². The van der Waals surface area contributed by atoms with Crippen molar-refractivity contribution in [3.8, 4) is 11.5 Å². The molecular formula is C30H28BrFN4O6. The zero-order valence-electron chi connectivity index (χ0n) is 22.8. The number of aryl methyl sites for hydroxylation is 1. The monoisotopic (exact) mass is 638 g/mol. The summed E-state index contributed by atoms with van der Waals surface area (Å²) in [4.78, 5) is 51.4. The molecular weight excluding hydrogens is 611 g/mol. The van der Waals surface area contributed by atoms with Gasteiger partial charge >= 0.3 is 6.03 Å². The predicted octanol–water partition coefficient (Wildman–Crippen LogP) is 5.10. The molecule has 0 spiro atoms. The number of urea groups is 1. The number of hydrogen-bond acceptors (Lipinski definition) is 6. The summed E-state index contributed by atoms with van der Waals surface area (Å²) in [6.45, 7) is 3.21. The van der Waals surface area contributed by atoms with Crippen LogP contribution in [-0.2, 0) is 20.8 Å². The number of rotatable bonds is 11. The smallest absolute Gasteiger partial charge is 0.329 e. The summed E-state index contributed by atoms with van der Waals surface area (Å²) in [5, 5.41) is 7.86. The summed E-state index contributed by atoms with van der Waals surface area (Å²) in [6.07, 6.45) is 2.15. The van der Waals surface area contributed by atoms with Crippen LogP contribution in [0.15, 0.2) is 70.8 Å². The molecule has 5 amide bonds. The molecule has 1 heterocycles. The lowest BCUT2D eigenvalue weighted by atomic mass is 10.1. The molecule has 0 bridgehead atoms. The zero-order valence-corrected chi connectivity index (χ0v) is 24.4. The SMILES string of the molecule is CCOc1cc(/C=C2/NC(=O)N(CC(=O)Nc3ccccc3CC)C2=O)c(Br)cc1OCC(=O)Nc1ccc(F)cc1. The first-order chi connectivity index (χ1) is 20.2. The minimum atomic E-state index is -0.724. The average molecular weight is 639 g/mol. The Labute approximate surface area is 250 Å². The third-order valence-electron chi connectivity index (χ3n) is 6.09. The maximum Gasteiger partial charge on any atom is 0.329 e. The van der Waals surface area contributed by atoms with Crippen LogP contribution in [0.5, 0.6) is 11.5 Å². The number of nitrogens with zero attached hydrogens (tertiary/aromatic N) is 1. The Hall–Kier alpha value is -4.71. The van der Waals surface area contributed by atoms with Crippen LogP contribution in [-0.4, -0.2) is 48.4 Å². The second kappa shape index (κ2) is 13.8. The number of ether oxygens (including phenoxy) is 2. The van der Waals surface area contributed by atoms with Gasteiger partial charge in [0.2, 0.25) is 5.91 Å². The second-order valence-electron chi connectivity index (χ2n) is 9.04. The van der Waals surface area contributed by atoms with E-state index in [1.807, 2.05) is 19.1 Å². The molecule has 1 saturated heterocycles. The van der Waals surface area contributed by atoms with Gasteiger partial charge in [-0.2, -0.15) is 0 Å². The number of carbonyl (C=O) groups is 4. The molecule has 0 atom stereocenters. The maximum absolute atomic E-state index is 13.1. The Balaban J connectivity index is 1.45. The van der Waals surface area contributed by atoms with Crippen LogP contribution in [0.3, 0.4) is 0 Å². The molecule has 42 heavy (non-hydrogen) atoms. The number of carbonyl (C=O) groups excluding carboxylic acids is 4. The zero-order chi connectivity index (χ0) is 30.2. The Kier molecular flexibility index (Phi) is 9.92. The van der Waals surface area contributed by atoms with Crippen LogP contribution in [0, 0.1) is 5.82 Å². The molecule has 10 nitrogen and oxygen atoms in total. The van der Waals surface area contributed by atoms with Gasteiger partial charge in [-0.15, -0.1) is 0 Å². The Morgan fingerprint density at radius 2 is 1.69 bits per heavy atom. The molecule has 12 heteroatoms. The first-order valence-electron chi connectivity index (χ1n) is 13.0. The van der Waals surface area contributed by atoms with E-state index in [1.165, 1.54) is 30.3 Å². The van der Waals surface area contributed by atoms with Crippen LogP contribution >= 0.6 is 15.9 Å². The van der Waals surface area contributed by atoms with Gasteiger partial charge in [-0.3, -0.25) is 14.4 Å². The van der Waals surface area contributed by atoms with Gasteiger partial charge in [0.25, 0.3) is 11.8 Å². The normalized spacial score (nSPS) is 13.6. The van der Waals surface area contributed by atoms with Crippen molar-refractivity contribution in [2.45, 2.75) is 20.3 Å². The molecule has 3 aromatic rings. The Morgan fingerprint density at radius 3 is 2.40 bits per heavy atom. The number of hydrogen-bond donors (Lipinski definition) is 3. The number of benzene rings is 3. The number of amides is 5. The molecule has 0 radical (unpaired) electrons. The van der Waals surface area contributed by atoms with Gasteiger partial charge in [-0.1, -0.05) is 41.1 Å². The highest BCUT2D eigenvalue weighted by Gasteiger charge is 2.35. The molecule has 0 aromatic heterocycles. The van der Waals surface area contributed by atoms with Gasteiger partial charge in [0, 0.05) is 15.8 Å². The maximum atomic E-state index is 13.1. The minimum Gasteiger partial charge on any atom is -0.490 e. The highest BCUT2D eigenvalue weighted by molar-refractivity contribution is 9.10. The van der Waals surface area contributed by atoms with Gasteiger partial charge in [0.15, 0.2) is 18.1 Å². The molecule has 218 valence electrons. The molecule has 0 aliphatic carbocycles. The van der Waals surface area contributed by atoms with Crippen LogP contribution in [0.1, 0.15) is 25.0 Å². The quantitative estimate of drug-likeness (QED) is 0.198. The molecule has 4 rings (SSSR count). The van der Waals surface area contributed by atoms with E-state index in [2.05, 4.69) is 31.9 Å². The van der Waals surface area contributed by atoms with Gasteiger partial charge < -0.3 is 25.4 Å². The minimum absolute atomic E-state index is 0.0303. The first kappa shape index (κ1) is 30.3. The number of halogens is 2. The van der Waals surface area contributed by atoms with Crippen LogP contribution < -0.4 is 25.4 Å². The summed E-state index contributed by atoms with van der Waals surface area (Å²) >= 11 is 3.43. The number of imide groups is 1. The Morgan fingerprint density at radius 1 is 0.976 bits per heavy atom. The van der Waals surface area contributed by atoms with Crippen molar-refractivity contribution in [2.75, 3.05) is 30.4 Å². The van der Waals surface area contributed by atoms with E-state index < -0.39 is 36.1 Å². The van der Waals surface area contributed by atoms with Gasteiger partial charge in [-0.05, 0) is 73.0 Å². The van der Waals surface area contributed by atoms with Crippen LogP contribution in [0.25, 0.3) is 6.08 Å². The van der Waals surface area contributed by atoms with Crippen molar-refractivity contribution in [1.82, 2.24) is 10.2 Å². The van der Waals surface area contributed by atoms with Crippen molar-refractivity contribution < 1.29 is 33.0 Å². The van der Waals surface area contributed by atoms with Crippen LogP contribution in [0.2, 0.25) is 0 Å². The van der Waals surface area contributed by atoms with Crippen molar-refractivity contribution >= 4 is 57.1 Å². The van der Waals surface area contributed by atoms with Crippen LogP contribution in [0.4, 0.5) is 20.6 Å². The number of nitrogens with one attached hydrogen (secondary N) is 3. The lowest BCUT2D eigenvalue weighted by Crippen LogP contribution is -2.38. The van der Waals surface area contributed by atoms with Crippen molar-refractivity contribution in [2.24, 2.45) is 0 Å². The summed E-state index contributed by atoms with van der Waals surface area (Å²) in [5.41, 5.74) is 2.42. The summed E-state index contributed by atoms with van der Waals surface area (Å²) < 4.78 is 24.9. The van der Waals surface area contributed by atoms with E-state index in [9.17, 15) is 23.6 Å². The largest absolute Gasteiger partial charge is 0.490 e. The highest BCUT2D eigenvalue weighted by Crippen LogP contribution is 2.35. The van der Waals surface area contributed by atoms with Gasteiger partial charge in [-0.25, -0.2) is 14.1 Å². The first-order valence-corrected chi connectivity index (χ1v) is 13.8. The fourth-order valence-electron chi connectivity index (χ4n) is 4.07. The van der Waals surface area contributed by atoms with E-state index in [4.69, 9.17) is 9.47 Å². The number of para-hydroxylation sites is 1. The molecule has 0 saturated carbocycles. The Bertz CT molecular complexity index is 1540. The average Bonchev–Trinajstić information content (AvgIpc) is 3.22. The highest BCUT2D eigenvalue weighted by atomic mass is 79.9. The fourth-order valence-corrected chi connectivity index (χ4v) is 4.51. The van der Waals surface area contributed by atoms with E-state index in [-0.39, 0.29) is 24.7 Å². The standard InChI is InChI=1S/C30H28BrFN4O6/c1-3-18-7-5-6-8-23(18)34-27(37)16-36-29(39)24(35-30(36)40)13-19-14-25(41-4-2)26(15-22(19)31)42-17-28(38)33-21-11-9-20(32)10-12-21/h5-15H,3-4,16-17H2,1-2H3,(H,33,38)(H,34,37)(H,35,40)/b24-13+. The van der Waals surface area contributed by atoms with Gasteiger partial charge in [0.1, 0.15) is 18.1 Å². The summed E-state index contributed by atoms with van der Waals surface area (Å²) in [7, 11) is 0. The topological polar surface area (TPSA) is 126 Å². The fraction of sp³-hybridized carbons (Fsp3) is 0.200. The lowest BCUT2D eigenvalue weighted by Gasteiger charge is -2.14. The molecule has 3 N–H and O–H groups in total.